The van der Waals surface area contributed by atoms with Crippen molar-refractivity contribution < 1.29 is 4.79 Å². The molecule has 4 aliphatic rings. The molecule has 0 aromatic heterocycles. The molecule has 1 aromatic carbocycles. The topological polar surface area (TPSA) is 101 Å². The lowest BCUT2D eigenvalue weighted by atomic mass is 10.1. The van der Waals surface area contributed by atoms with Gasteiger partial charge in [0.15, 0.2) is 11.5 Å². The third kappa shape index (κ3) is 2.47. The van der Waals surface area contributed by atoms with E-state index in [9.17, 15) is 14.4 Å². The van der Waals surface area contributed by atoms with Crippen LogP contribution in [0.3, 0.4) is 0 Å². The predicted octanol–water partition coefficient (Wildman–Crippen LogP) is 0.822. The van der Waals surface area contributed by atoms with Gasteiger partial charge in [-0.05, 0) is 55.9 Å². The molecule has 0 bridgehead atoms. The molecule has 1 saturated heterocycles. The zero-order valence-electron chi connectivity index (χ0n) is 15.2. The van der Waals surface area contributed by atoms with E-state index in [1.54, 1.807) is 4.57 Å². The molecule has 8 nitrogen and oxygen atoms in total. The molecule has 2 atom stereocenters. The Morgan fingerprint density at radius 3 is 2.70 bits per heavy atom. The number of hydrogen-bond donors (Lipinski definition) is 1. The highest BCUT2D eigenvalue weighted by Crippen LogP contribution is 2.44. The third-order valence-corrected chi connectivity index (χ3v) is 5.86. The van der Waals surface area contributed by atoms with E-state index in [0.717, 1.165) is 30.5 Å². The SMILES string of the molecule is Cc1cc2nc3c(=O)[nH]c(=O)nc-3n(CC(=O)N3CCC4CC43)c2cc1C. The van der Waals surface area contributed by atoms with Gasteiger partial charge in [-0.15, -0.1) is 0 Å². The van der Waals surface area contributed by atoms with Crippen molar-refractivity contribution in [2.75, 3.05) is 6.54 Å². The standard InChI is InChI=1S/C19H19N5O3/c1-9-5-12-14(6-10(9)2)24(8-15(25)23-4-3-11-7-13(11)23)17-16(20-12)18(26)22-19(27)21-17/h5-6,11,13H,3-4,7-8H2,1-2H3,(H,22,26,27). The van der Waals surface area contributed by atoms with Crippen LogP contribution >= 0.6 is 0 Å². The molecule has 2 unspecified atom stereocenters. The lowest BCUT2D eigenvalue weighted by Crippen LogP contribution is -2.36. The highest BCUT2D eigenvalue weighted by Gasteiger charge is 2.48. The number of carbonyl (C=O) groups excluding carboxylic acids is 1. The largest absolute Gasteiger partial charge is 0.349 e. The van der Waals surface area contributed by atoms with Crippen LogP contribution in [0.25, 0.3) is 22.6 Å². The average molecular weight is 365 g/mol. The molecule has 1 amide bonds. The number of nitrogens with zero attached hydrogens (tertiary/aromatic N) is 4. The first-order chi connectivity index (χ1) is 12.9. The fourth-order valence-electron chi connectivity index (χ4n) is 4.14. The maximum Gasteiger partial charge on any atom is 0.349 e. The molecule has 0 spiro atoms. The number of aromatic amines is 1. The molecule has 1 N–H and O–H groups in total. The van der Waals surface area contributed by atoms with Crippen LogP contribution in [0, 0.1) is 19.8 Å². The van der Waals surface area contributed by atoms with Crippen molar-refractivity contribution in [2.45, 2.75) is 39.3 Å². The van der Waals surface area contributed by atoms with Crippen molar-refractivity contribution in [1.82, 2.24) is 24.4 Å². The first-order valence-electron chi connectivity index (χ1n) is 9.13. The van der Waals surface area contributed by atoms with E-state index >= 15 is 0 Å². The zero-order chi connectivity index (χ0) is 18.9. The highest BCUT2D eigenvalue weighted by molar-refractivity contribution is 5.85. The number of H-pyrrole nitrogens is 1. The second-order valence-electron chi connectivity index (χ2n) is 7.61. The van der Waals surface area contributed by atoms with Crippen LogP contribution < -0.4 is 11.2 Å². The normalized spacial score (nSPS) is 21.0. The Morgan fingerprint density at radius 2 is 2.00 bits per heavy atom. The van der Waals surface area contributed by atoms with E-state index < -0.39 is 11.2 Å². The van der Waals surface area contributed by atoms with E-state index in [0.29, 0.717) is 23.0 Å². The second kappa shape index (κ2) is 5.48. The molecular formula is C19H19N5O3. The number of piperidine rings is 1. The summed E-state index contributed by atoms with van der Waals surface area (Å²) in [5.74, 6) is 0.787. The van der Waals surface area contributed by atoms with Crippen molar-refractivity contribution in [1.29, 1.82) is 0 Å². The lowest BCUT2D eigenvalue weighted by Gasteiger charge is -2.22. The summed E-state index contributed by atoms with van der Waals surface area (Å²) >= 11 is 0. The average Bonchev–Trinajstić information content (AvgIpc) is 3.27. The van der Waals surface area contributed by atoms with Crippen molar-refractivity contribution in [2.24, 2.45) is 5.92 Å². The van der Waals surface area contributed by atoms with Crippen molar-refractivity contribution in [3.05, 3.63) is 44.1 Å². The van der Waals surface area contributed by atoms with E-state index in [-0.39, 0.29) is 24.0 Å². The predicted molar refractivity (Wildman–Crippen MR) is 98.7 cm³/mol. The van der Waals surface area contributed by atoms with E-state index in [1.807, 2.05) is 30.9 Å². The van der Waals surface area contributed by atoms with Gasteiger partial charge in [0.1, 0.15) is 6.54 Å². The molecule has 0 radical (unpaired) electrons. The van der Waals surface area contributed by atoms with Crippen molar-refractivity contribution in [3.8, 4) is 11.5 Å². The smallest absolute Gasteiger partial charge is 0.338 e. The summed E-state index contributed by atoms with van der Waals surface area (Å²) in [7, 11) is 0. The van der Waals surface area contributed by atoms with E-state index in [1.165, 1.54) is 0 Å². The summed E-state index contributed by atoms with van der Waals surface area (Å²) in [6.45, 7) is 4.76. The van der Waals surface area contributed by atoms with Crippen LogP contribution in [0.5, 0.6) is 0 Å². The first kappa shape index (κ1) is 16.2. The fraction of sp³-hybridized carbons (Fsp3) is 0.421. The number of carbonyl (C=O) groups is 1. The van der Waals surface area contributed by atoms with E-state index in [4.69, 9.17) is 0 Å². The van der Waals surface area contributed by atoms with Gasteiger partial charge < -0.3 is 9.47 Å². The van der Waals surface area contributed by atoms with Crippen LogP contribution in [-0.4, -0.2) is 42.9 Å². The van der Waals surface area contributed by atoms with Gasteiger partial charge in [-0.3, -0.25) is 14.6 Å². The van der Waals surface area contributed by atoms with Gasteiger partial charge in [-0.1, -0.05) is 0 Å². The molecule has 2 fully saturated rings. The fourth-order valence-corrected chi connectivity index (χ4v) is 4.14. The highest BCUT2D eigenvalue weighted by atomic mass is 16.2. The number of hydrogen-bond acceptors (Lipinski definition) is 5. The van der Waals surface area contributed by atoms with Gasteiger partial charge in [-0.25, -0.2) is 9.78 Å². The van der Waals surface area contributed by atoms with Gasteiger partial charge in [0.25, 0.3) is 5.56 Å². The summed E-state index contributed by atoms with van der Waals surface area (Å²) in [6, 6.07) is 4.18. The van der Waals surface area contributed by atoms with Crippen LogP contribution in [0.1, 0.15) is 24.0 Å². The Labute approximate surface area is 154 Å². The minimum atomic E-state index is -0.734. The molecule has 3 heterocycles. The van der Waals surface area contributed by atoms with Gasteiger partial charge >= 0.3 is 5.69 Å². The number of nitrogens with one attached hydrogen (secondary N) is 1. The van der Waals surface area contributed by atoms with E-state index in [2.05, 4.69) is 15.0 Å². The number of benzene rings is 1. The third-order valence-electron chi connectivity index (χ3n) is 5.86. The maximum absolute atomic E-state index is 13.0. The molecular weight excluding hydrogens is 346 g/mol. The molecule has 138 valence electrons. The Balaban J connectivity index is 1.73. The van der Waals surface area contributed by atoms with Gasteiger partial charge in [0.2, 0.25) is 5.91 Å². The summed E-state index contributed by atoms with van der Waals surface area (Å²) in [6.07, 6.45) is 2.13. The maximum atomic E-state index is 13.0. The van der Waals surface area contributed by atoms with Gasteiger partial charge in [0, 0.05) is 12.6 Å². The molecule has 3 aliphatic heterocycles. The van der Waals surface area contributed by atoms with Crippen LogP contribution in [0.15, 0.2) is 21.7 Å². The van der Waals surface area contributed by atoms with Crippen LogP contribution in [-0.2, 0) is 11.3 Å². The number of aryl methyl sites for hydroxylation is 2. The monoisotopic (exact) mass is 365 g/mol. The summed E-state index contributed by atoms with van der Waals surface area (Å²) < 4.78 is 1.67. The zero-order valence-corrected chi connectivity index (χ0v) is 15.2. The van der Waals surface area contributed by atoms with Crippen molar-refractivity contribution in [3.63, 3.8) is 0 Å². The Kier molecular flexibility index (Phi) is 3.28. The molecule has 1 aliphatic carbocycles. The number of rotatable bonds is 2. The molecule has 27 heavy (non-hydrogen) atoms. The first-order valence-corrected chi connectivity index (χ1v) is 9.13. The number of amides is 1. The summed E-state index contributed by atoms with van der Waals surface area (Å²) in [5.41, 5.74) is 2.14. The van der Waals surface area contributed by atoms with Crippen LogP contribution in [0.2, 0.25) is 0 Å². The Bertz CT molecular complexity index is 1190. The summed E-state index contributed by atoms with van der Waals surface area (Å²) in [4.78, 5) is 49.5. The minimum Gasteiger partial charge on any atom is -0.338 e. The Hall–Kier alpha value is -3.03. The van der Waals surface area contributed by atoms with Gasteiger partial charge in [-0.2, -0.15) is 4.98 Å². The minimum absolute atomic E-state index is 0.00782. The number of aromatic nitrogens is 4. The molecule has 5 rings (SSSR count). The quantitative estimate of drug-likeness (QED) is 0.678. The lowest BCUT2D eigenvalue weighted by molar-refractivity contribution is -0.131. The molecule has 8 heteroatoms. The Morgan fingerprint density at radius 1 is 1.22 bits per heavy atom. The molecule has 1 saturated carbocycles. The summed E-state index contributed by atoms with van der Waals surface area (Å²) in [5, 5.41) is 0. The number of fused-ring (bicyclic) bond motifs is 3. The second-order valence-corrected chi connectivity index (χ2v) is 7.61. The van der Waals surface area contributed by atoms with Crippen molar-refractivity contribution >= 4 is 16.9 Å². The number of likely N-dealkylation sites (tertiary alicyclic amines) is 1. The van der Waals surface area contributed by atoms with Gasteiger partial charge in [0.05, 0.1) is 11.0 Å². The molecule has 1 aromatic rings. The van der Waals surface area contributed by atoms with Crippen LogP contribution in [0.4, 0.5) is 0 Å².